The van der Waals surface area contributed by atoms with E-state index in [9.17, 15) is 9.82 Å². The van der Waals surface area contributed by atoms with Crippen LogP contribution in [0, 0.1) is 0 Å². The van der Waals surface area contributed by atoms with Crippen LogP contribution in [0.3, 0.4) is 0 Å². The van der Waals surface area contributed by atoms with Crippen LogP contribution in [0.4, 0.5) is 0 Å². The third kappa shape index (κ3) is 4.52. The summed E-state index contributed by atoms with van der Waals surface area (Å²) in [5, 5.41) is 13.0. The van der Waals surface area contributed by atoms with Crippen molar-refractivity contribution in [3.05, 3.63) is 35.3 Å². The van der Waals surface area contributed by atoms with Crippen molar-refractivity contribution in [3.63, 3.8) is 0 Å². The first-order valence-corrected chi connectivity index (χ1v) is 6.44. The van der Waals surface area contributed by atoms with E-state index in [1.54, 1.807) is 26.1 Å². The minimum absolute atomic E-state index is 0.478. The van der Waals surface area contributed by atoms with E-state index in [1.165, 1.54) is 0 Å². The molecule has 0 atom stereocenters. The number of nitrogens with zero attached hydrogens (tertiary/aromatic N) is 1. The largest absolute Gasteiger partial charge is 0.441 e. The molecule has 1 saturated carbocycles. The first-order chi connectivity index (χ1) is 9.03. The van der Waals surface area contributed by atoms with Crippen molar-refractivity contribution in [2.45, 2.75) is 32.7 Å². The third-order valence-corrected chi connectivity index (χ3v) is 2.97. The van der Waals surface area contributed by atoms with Gasteiger partial charge < -0.3 is 15.1 Å². The first kappa shape index (κ1) is 15.4. The number of allylic oxidation sites excluding steroid dienone is 3. The number of aliphatic imine (C=N–C) groups is 1. The second-order valence-corrected chi connectivity index (χ2v) is 4.70. The molecule has 0 bridgehead atoms. The minimum atomic E-state index is -1.11. The molecule has 19 heavy (non-hydrogen) atoms. The Kier molecular flexibility index (Phi) is 5.76. The predicted molar refractivity (Wildman–Crippen MR) is 80.9 cm³/mol. The van der Waals surface area contributed by atoms with Crippen molar-refractivity contribution in [2.24, 2.45) is 4.99 Å². The number of carbonyl (C=O) groups excluding carboxylic acids is 1. The summed E-state index contributed by atoms with van der Waals surface area (Å²) in [6.07, 6.45) is 6.29. The molecule has 0 unspecified atom stereocenters. The number of carbonyl (C=O) groups is 1. The Labute approximate surface area is 115 Å². The van der Waals surface area contributed by atoms with Gasteiger partial charge in [0.05, 0.1) is 0 Å². The van der Waals surface area contributed by atoms with E-state index in [4.69, 9.17) is 0 Å². The van der Waals surface area contributed by atoms with Crippen molar-refractivity contribution in [1.29, 1.82) is 0 Å². The van der Waals surface area contributed by atoms with Crippen LogP contribution in [-0.2, 0) is 4.79 Å². The second kappa shape index (κ2) is 7.09. The lowest BCUT2D eigenvalue weighted by molar-refractivity contribution is 0.547. The lowest BCUT2D eigenvalue weighted by atomic mass is 9.62. The average Bonchev–Trinajstić information content (AvgIpc) is 3.20. The molecule has 102 valence electrons. The molecule has 1 aliphatic rings. The van der Waals surface area contributed by atoms with Crippen molar-refractivity contribution < 1.29 is 9.82 Å². The molecule has 0 aromatic heterocycles. The molecule has 0 amide bonds. The zero-order chi connectivity index (χ0) is 14.4. The molecule has 0 spiro atoms. The molecular formula is C14H21BN2O2. The molecule has 0 aromatic rings. The SMILES string of the molecule is C=C(C)C(=CC(=CC)B(O)C=O)C(=NC)NC1CC1. The van der Waals surface area contributed by atoms with Crippen LogP contribution in [0.25, 0.3) is 0 Å². The van der Waals surface area contributed by atoms with Crippen molar-refractivity contribution >= 4 is 18.9 Å². The highest BCUT2D eigenvalue weighted by atomic mass is 16.2. The van der Waals surface area contributed by atoms with Gasteiger partial charge in [-0.3, -0.25) is 4.99 Å². The highest BCUT2D eigenvalue weighted by molar-refractivity contribution is 6.84. The molecular weight excluding hydrogens is 239 g/mol. The highest BCUT2D eigenvalue weighted by Crippen LogP contribution is 2.21. The van der Waals surface area contributed by atoms with Crippen LogP contribution in [0.1, 0.15) is 26.7 Å². The number of rotatable bonds is 6. The molecule has 0 aliphatic heterocycles. The van der Waals surface area contributed by atoms with Crippen molar-refractivity contribution in [2.75, 3.05) is 7.05 Å². The Morgan fingerprint density at radius 1 is 1.53 bits per heavy atom. The monoisotopic (exact) mass is 260 g/mol. The average molecular weight is 260 g/mol. The van der Waals surface area contributed by atoms with Crippen LogP contribution in [0.15, 0.2) is 40.3 Å². The maximum absolute atomic E-state index is 10.7. The lowest BCUT2D eigenvalue weighted by Gasteiger charge is -2.14. The normalized spacial score (nSPS) is 17.2. The zero-order valence-corrected chi connectivity index (χ0v) is 11.8. The van der Waals surface area contributed by atoms with E-state index in [0.29, 0.717) is 17.7 Å². The fourth-order valence-corrected chi connectivity index (χ4v) is 1.66. The molecule has 5 heteroatoms. The van der Waals surface area contributed by atoms with Gasteiger partial charge in [-0.05, 0) is 37.7 Å². The molecule has 0 radical (unpaired) electrons. The van der Waals surface area contributed by atoms with Gasteiger partial charge in [0.2, 0.25) is 0 Å². The summed E-state index contributed by atoms with van der Waals surface area (Å²) < 4.78 is 0. The van der Waals surface area contributed by atoms with E-state index >= 15 is 0 Å². The summed E-state index contributed by atoms with van der Waals surface area (Å²) in [4.78, 5) is 14.9. The smallest absolute Gasteiger partial charge is 0.395 e. The summed E-state index contributed by atoms with van der Waals surface area (Å²) in [6.45, 7) is 6.49. The van der Waals surface area contributed by atoms with Crippen LogP contribution >= 0.6 is 0 Å². The molecule has 0 heterocycles. The fraction of sp³-hybridized carbons (Fsp3) is 0.429. The Morgan fingerprint density at radius 2 is 2.16 bits per heavy atom. The summed E-state index contributed by atoms with van der Waals surface area (Å²) in [6, 6.07) is 0.478. The van der Waals surface area contributed by atoms with E-state index in [0.717, 1.165) is 29.8 Å². The van der Waals surface area contributed by atoms with Crippen LogP contribution < -0.4 is 5.32 Å². The quantitative estimate of drug-likeness (QED) is 0.250. The molecule has 4 nitrogen and oxygen atoms in total. The van der Waals surface area contributed by atoms with E-state index in [-0.39, 0.29) is 0 Å². The lowest BCUT2D eigenvalue weighted by Crippen LogP contribution is -2.28. The zero-order valence-electron chi connectivity index (χ0n) is 11.8. The molecule has 0 saturated heterocycles. The minimum Gasteiger partial charge on any atom is -0.441 e. The maximum atomic E-state index is 10.7. The van der Waals surface area contributed by atoms with Gasteiger partial charge in [-0.1, -0.05) is 18.7 Å². The maximum Gasteiger partial charge on any atom is 0.395 e. The first-order valence-electron chi connectivity index (χ1n) is 6.44. The Balaban J connectivity index is 3.03. The second-order valence-electron chi connectivity index (χ2n) is 4.70. The third-order valence-electron chi connectivity index (χ3n) is 2.97. The Morgan fingerprint density at radius 3 is 2.53 bits per heavy atom. The summed E-state index contributed by atoms with van der Waals surface area (Å²) in [5.74, 6) is 0.757. The van der Waals surface area contributed by atoms with E-state index in [1.807, 2.05) is 6.92 Å². The van der Waals surface area contributed by atoms with E-state index in [2.05, 4.69) is 16.9 Å². The fourth-order valence-electron chi connectivity index (χ4n) is 1.66. The topological polar surface area (TPSA) is 61.7 Å². The Hall–Kier alpha value is -1.62. The summed E-state index contributed by atoms with van der Waals surface area (Å²) in [7, 11) is 1.72. The van der Waals surface area contributed by atoms with Gasteiger partial charge in [0, 0.05) is 18.7 Å². The van der Waals surface area contributed by atoms with Crippen molar-refractivity contribution in [3.8, 4) is 0 Å². The molecule has 0 aromatic carbocycles. The highest BCUT2D eigenvalue weighted by Gasteiger charge is 2.24. The molecule has 1 rings (SSSR count). The van der Waals surface area contributed by atoms with Gasteiger partial charge in [0.15, 0.2) is 0 Å². The van der Waals surface area contributed by atoms with Gasteiger partial charge in [0.1, 0.15) is 12.0 Å². The standard InChI is InChI=1S/C14H21BN2O2/c1-5-11(15(19)9-18)8-13(10(2)3)14(16-4)17-12-6-7-12/h5,8-9,12,19H,2,6-7H2,1,3-4H3,(H,16,17). The summed E-state index contributed by atoms with van der Waals surface area (Å²) in [5.41, 5.74) is 2.21. The Bertz CT molecular complexity index is 448. The number of hydrogen-bond acceptors (Lipinski definition) is 3. The van der Waals surface area contributed by atoms with Crippen molar-refractivity contribution in [1.82, 2.24) is 5.32 Å². The van der Waals surface area contributed by atoms with E-state index < -0.39 is 6.92 Å². The van der Waals surface area contributed by atoms with Gasteiger partial charge in [-0.2, -0.15) is 0 Å². The van der Waals surface area contributed by atoms with Crippen LogP contribution in [0.5, 0.6) is 0 Å². The molecule has 1 aliphatic carbocycles. The molecule has 2 N–H and O–H groups in total. The van der Waals surface area contributed by atoms with Gasteiger partial charge in [-0.25, -0.2) is 0 Å². The van der Waals surface area contributed by atoms with Gasteiger partial charge >= 0.3 is 6.92 Å². The van der Waals surface area contributed by atoms with Gasteiger partial charge in [-0.15, -0.1) is 0 Å². The van der Waals surface area contributed by atoms with Crippen LogP contribution in [-0.4, -0.2) is 37.1 Å². The number of amidine groups is 1. The number of nitrogens with one attached hydrogen (secondary N) is 1. The van der Waals surface area contributed by atoms with Gasteiger partial charge in [0.25, 0.3) is 0 Å². The molecule has 1 fully saturated rings. The number of hydrogen-bond donors (Lipinski definition) is 2. The van der Waals surface area contributed by atoms with Crippen LogP contribution in [0.2, 0.25) is 0 Å². The summed E-state index contributed by atoms with van der Waals surface area (Å²) >= 11 is 0. The predicted octanol–water partition coefficient (Wildman–Crippen LogP) is 1.51.